The number of carbonyl (C=O) groups excluding carboxylic acids is 1. The monoisotopic (exact) mass is 224 g/mol. The summed E-state index contributed by atoms with van der Waals surface area (Å²) in [6.07, 6.45) is 0.923. The number of hydrogen-bond acceptors (Lipinski definition) is 2. The summed E-state index contributed by atoms with van der Waals surface area (Å²) in [5.74, 6) is -0.291. The predicted octanol–water partition coefficient (Wildman–Crippen LogP) is 1.79. The van der Waals surface area contributed by atoms with E-state index >= 15 is 0 Å². The second-order valence-corrected chi connectivity index (χ2v) is 3.68. The van der Waals surface area contributed by atoms with Crippen molar-refractivity contribution in [3.05, 3.63) is 30.1 Å². The van der Waals surface area contributed by atoms with E-state index in [-0.39, 0.29) is 18.3 Å². The lowest BCUT2D eigenvalue weighted by molar-refractivity contribution is -0.119. The van der Waals surface area contributed by atoms with Gasteiger partial charge < -0.3 is 10.2 Å². The first-order chi connectivity index (χ1) is 7.63. The predicted molar refractivity (Wildman–Crippen MR) is 63.0 cm³/mol. The van der Waals surface area contributed by atoms with Crippen LogP contribution in [0.1, 0.15) is 13.3 Å². The third-order valence-electron chi connectivity index (χ3n) is 2.22. The van der Waals surface area contributed by atoms with Crippen molar-refractivity contribution in [2.45, 2.75) is 13.3 Å². The first-order valence-corrected chi connectivity index (χ1v) is 5.37. The second-order valence-electron chi connectivity index (χ2n) is 3.68. The number of benzene rings is 1. The zero-order valence-corrected chi connectivity index (χ0v) is 9.66. The Morgan fingerprint density at radius 1 is 1.38 bits per heavy atom. The van der Waals surface area contributed by atoms with Gasteiger partial charge in [0.15, 0.2) is 0 Å². The second kappa shape index (κ2) is 6.10. The molecule has 0 radical (unpaired) electrons. The van der Waals surface area contributed by atoms with E-state index in [4.69, 9.17) is 0 Å². The lowest BCUT2D eigenvalue weighted by Crippen LogP contribution is -2.35. The molecule has 0 fully saturated rings. The van der Waals surface area contributed by atoms with Crippen LogP contribution in [0.25, 0.3) is 0 Å². The van der Waals surface area contributed by atoms with Gasteiger partial charge in [-0.05, 0) is 30.7 Å². The summed E-state index contributed by atoms with van der Waals surface area (Å²) in [6.45, 7) is 2.98. The molecule has 88 valence electrons. The first kappa shape index (κ1) is 12.5. The highest BCUT2D eigenvalue weighted by molar-refractivity contribution is 5.81. The van der Waals surface area contributed by atoms with Crippen molar-refractivity contribution < 1.29 is 9.18 Å². The van der Waals surface area contributed by atoms with Gasteiger partial charge in [0.1, 0.15) is 5.82 Å². The Morgan fingerprint density at radius 3 is 2.56 bits per heavy atom. The van der Waals surface area contributed by atoms with Gasteiger partial charge in [-0.25, -0.2) is 4.39 Å². The Kier molecular flexibility index (Phi) is 4.76. The number of hydrogen-bond donors (Lipinski definition) is 1. The maximum absolute atomic E-state index is 12.7. The van der Waals surface area contributed by atoms with Crippen LogP contribution in [0.2, 0.25) is 0 Å². The van der Waals surface area contributed by atoms with Crippen molar-refractivity contribution in [2.24, 2.45) is 0 Å². The first-order valence-electron chi connectivity index (χ1n) is 5.37. The minimum absolute atomic E-state index is 0.0197. The largest absolute Gasteiger partial charge is 0.365 e. The standard InChI is InChI=1S/C12H17FN2O/c1-3-8-14-12(16)9-15(2)11-6-4-10(13)5-7-11/h4-7H,3,8-9H2,1-2H3,(H,14,16). The highest BCUT2D eigenvalue weighted by atomic mass is 19.1. The Hall–Kier alpha value is -1.58. The van der Waals surface area contributed by atoms with Crippen LogP contribution in [0.15, 0.2) is 24.3 Å². The Morgan fingerprint density at radius 2 is 2.00 bits per heavy atom. The molecule has 0 aliphatic rings. The molecular formula is C12H17FN2O. The number of amides is 1. The minimum Gasteiger partial charge on any atom is -0.365 e. The Balaban J connectivity index is 2.48. The maximum Gasteiger partial charge on any atom is 0.239 e. The van der Waals surface area contributed by atoms with E-state index in [2.05, 4.69) is 5.32 Å². The molecule has 0 spiro atoms. The van der Waals surface area contributed by atoms with E-state index in [1.165, 1.54) is 12.1 Å². The zero-order chi connectivity index (χ0) is 12.0. The molecule has 0 bridgehead atoms. The molecule has 0 aliphatic heterocycles. The molecule has 1 amide bonds. The number of nitrogens with zero attached hydrogens (tertiary/aromatic N) is 1. The number of halogens is 1. The molecular weight excluding hydrogens is 207 g/mol. The highest BCUT2D eigenvalue weighted by Gasteiger charge is 2.06. The number of rotatable bonds is 5. The minimum atomic E-state index is -0.271. The topological polar surface area (TPSA) is 32.3 Å². The van der Waals surface area contributed by atoms with Gasteiger partial charge in [-0.1, -0.05) is 6.92 Å². The van der Waals surface area contributed by atoms with Crippen LogP contribution in [-0.2, 0) is 4.79 Å². The van der Waals surface area contributed by atoms with Gasteiger partial charge in [0.2, 0.25) is 5.91 Å². The molecule has 4 heteroatoms. The summed E-state index contributed by atoms with van der Waals surface area (Å²) in [5.41, 5.74) is 0.827. The molecule has 3 nitrogen and oxygen atoms in total. The van der Waals surface area contributed by atoms with Crippen molar-refractivity contribution in [3.63, 3.8) is 0 Å². The highest BCUT2D eigenvalue weighted by Crippen LogP contribution is 2.12. The van der Waals surface area contributed by atoms with Crippen molar-refractivity contribution in [3.8, 4) is 0 Å². The molecule has 16 heavy (non-hydrogen) atoms. The van der Waals surface area contributed by atoms with Gasteiger partial charge in [0.05, 0.1) is 6.54 Å². The third kappa shape index (κ3) is 3.88. The van der Waals surface area contributed by atoms with Crippen LogP contribution in [0, 0.1) is 5.82 Å². The number of anilines is 1. The smallest absolute Gasteiger partial charge is 0.239 e. The molecule has 0 unspecified atom stereocenters. The summed E-state index contributed by atoms with van der Waals surface area (Å²) < 4.78 is 12.7. The van der Waals surface area contributed by atoms with Crippen molar-refractivity contribution in [1.82, 2.24) is 5.32 Å². The van der Waals surface area contributed by atoms with Gasteiger partial charge in [-0.15, -0.1) is 0 Å². The average Bonchev–Trinajstić information content (AvgIpc) is 2.27. The van der Waals surface area contributed by atoms with Gasteiger partial charge in [0, 0.05) is 19.3 Å². The maximum atomic E-state index is 12.7. The molecule has 1 aromatic rings. The van der Waals surface area contributed by atoms with Crippen LogP contribution in [0.3, 0.4) is 0 Å². The Bertz CT molecular complexity index is 337. The molecule has 0 aliphatic carbocycles. The van der Waals surface area contributed by atoms with Gasteiger partial charge >= 0.3 is 0 Å². The lowest BCUT2D eigenvalue weighted by Gasteiger charge is -2.18. The molecule has 1 rings (SSSR count). The fraction of sp³-hybridized carbons (Fsp3) is 0.417. The van der Waals surface area contributed by atoms with Gasteiger partial charge in [-0.2, -0.15) is 0 Å². The fourth-order valence-corrected chi connectivity index (χ4v) is 1.32. The average molecular weight is 224 g/mol. The summed E-state index contributed by atoms with van der Waals surface area (Å²) >= 11 is 0. The fourth-order valence-electron chi connectivity index (χ4n) is 1.32. The number of carbonyl (C=O) groups is 1. The van der Waals surface area contributed by atoms with E-state index in [1.54, 1.807) is 24.1 Å². The summed E-state index contributed by atoms with van der Waals surface area (Å²) in [6, 6.07) is 6.08. The summed E-state index contributed by atoms with van der Waals surface area (Å²) in [4.78, 5) is 13.2. The number of likely N-dealkylation sites (N-methyl/N-ethyl adjacent to an activating group) is 1. The summed E-state index contributed by atoms with van der Waals surface area (Å²) in [7, 11) is 1.80. The summed E-state index contributed by atoms with van der Waals surface area (Å²) in [5, 5.41) is 2.79. The molecule has 0 saturated carbocycles. The van der Waals surface area contributed by atoms with Crippen molar-refractivity contribution in [2.75, 3.05) is 25.0 Å². The molecule has 0 heterocycles. The lowest BCUT2D eigenvalue weighted by atomic mass is 10.3. The van der Waals surface area contributed by atoms with E-state index < -0.39 is 0 Å². The van der Waals surface area contributed by atoms with Crippen LogP contribution >= 0.6 is 0 Å². The molecule has 0 saturated heterocycles. The Labute approximate surface area is 95.3 Å². The van der Waals surface area contributed by atoms with E-state index in [0.29, 0.717) is 6.54 Å². The SMILES string of the molecule is CCCNC(=O)CN(C)c1ccc(F)cc1. The van der Waals surface area contributed by atoms with Crippen LogP contribution in [0.4, 0.5) is 10.1 Å². The zero-order valence-electron chi connectivity index (χ0n) is 9.66. The van der Waals surface area contributed by atoms with Crippen molar-refractivity contribution in [1.29, 1.82) is 0 Å². The van der Waals surface area contributed by atoms with E-state index in [0.717, 1.165) is 12.1 Å². The molecule has 0 atom stereocenters. The van der Waals surface area contributed by atoms with Crippen LogP contribution in [-0.4, -0.2) is 26.0 Å². The van der Waals surface area contributed by atoms with E-state index in [1.807, 2.05) is 6.92 Å². The van der Waals surface area contributed by atoms with Gasteiger partial charge in [0.25, 0.3) is 0 Å². The van der Waals surface area contributed by atoms with Crippen molar-refractivity contribution >= 4 is 11.6 Å². The molecule has 0 aromatic heterocycles. The van der Waals surface area contributed by atoms with Crippen LogP contribution < -0.4 is 10.2 Å². The molecule has 1 N–H and O–H groups in total. The number of nitrogens with one attached hydrogen (secondary N) is 1. The van der Waals surface area contributed by atoms with E-state index in [9.17, 15) is 9.18 Å². The quantitative estimate of drug-likeness (QED) is 0.827. The normalized spacial score (nSPS) is 9.94. The van der Waals surface area contributed by atoms with Crippen LogP contribution in [0.5, 0.6) is 0 Å². The third-order valence-corrected chi connectivity index (χ3v) is 2.22. The molecule has 1 aromatic carbocycles. The van der Waals surface area contributed by atoms with Gasteiger partial charge in [-0.3, -0.25) is 4.79 Å².